The van der Waals surface area contributed by atoms with E-state index in [9.17, 15) is 9.59 Å². The lowest BCUT2D eigenvalue weighted by molar-refractivity contribution is -0.170. The molecule has 0 spiro atoms. The van der Waals surface area contributed by atoms with Gasteiger partial charge >= 0.3 is 5.97 Å². The van der Waals surface area contributed by atoms with Gasteiger partial charge in [0.15, 0.2) is 11.4 Å². The van der Waals surface area contributed by atoms with Crippen molar-refractivity contribution < 1.29 is 19.1 Å². The van der Waals surface area contributed by atoms with E-state index in [1.807, 2.05) is 13.0 Å². The summed E-state index contributed by atoms with van der Waals surface area (Å²) in [5, 5.41) is 0.425. The third-order valence-electron chi connectivity index (χ3n) is 8.77. The number of ketones is 1. The van der Waals surface area contributed by atoms with Crippen molar-refractivity contribution in [3.05, 3.63) is 23.8 Å². The van der Waals surface area contributed by atoms with Crippen molar-refractivity contribution in [3.63, 3.8) is 0 Å². The fraction of sp³-hybridized carbons (Fsp3) is 0.708. The first-order chi connectivity index (χ1) is 13.7. The van der Waals surface area contributed by atoms with Crippen molar-refractivity contribution >= 4 is 29.0 Å². The molecule has 4 rings (SSSR count). The van der Waals surface area contributed by atoms with Gasteiger partial charge in [0.25, 0.3) is 0 Å². The number of allylic oxidation sites excluding steroid dienone is 4. The van der Waals surface area contributed by atoms with Crippen molar-refractivity contribution in [3.8, 4) is 0 Å². The molecule has 0 aliphatic heterocycles. The number of carbonyl (C=O) groups excluding carboxylic acids is 2. The summed E-state index contributed by atoms with van der Waals surface area (Å²) in [4.78, 5) is 24.3. The van der Waals surface area contributed by atoms with Crippen LogP contribution in [0.2, 0.25) is 0 Å². The van der Waals surface area contributed by atoms with Crippen LogP contribution >= 0.6 is 12.2 Å². The van der Waals surface area contributed by atoms with Gasteiger partial charge in [-0.2, -0.15) is 0 Å². The van der Waals surface area contributed by atoms with Crippen LogP contribution in [0.4, 0.5) is 0 Å². The molecule has 0 heterocycles. The zero-order chi connectivity index (χ0) is 21.0. The van der Waals surface area contributed by atoms with Gasteiger partial charge < -0.3 is 9.47 Å². The van der Waals surface area contributed by atoms with Gasteiger partial charge in [0.05, 0.1) is 7.11 Å². The summed E-state index contributed by atoms with van der Waals surface area (Å²) in [5.41, 5.74) is 0.238. The van der Waals surface area contributed by atoms with Gasteiger partial charge in [-0.15, -0.1) is 0 Å². The van der Waals surface area contributed by atoms with E-state index < -0.39 is 5.60 Å². The molecule has 0 saturated heterocycles. The van der Waals surface area contributed by atoms with E-state index in [1.165, 1.54) is 5.57 Å². The number of ether oxygens (including phenoxy) is 2. The first kappa shape index (κ1) is 20.8. The lowest BCUT2D eigenvalue weighted by Gasteiger charge is -2.58. The van der Waals surface area contributed by atoms with Crippen molar-refractivity contribution in [2.75, 3.05) is 7.11 Å². The molecule has 3 fully saturated rings. The van der Waals surface area contributed by atoms with Crippen LogP contribution < -0.4 is 0 Å². The Labute approximate surface area is 179 Å². The normalized spacial score (nSPS) is 43.0. The monoisotopic (exact) mass is 416 g/mol. The van der Waals surface area contributed by atoms with E-state index in [4.69, 9.17) is 21.7 Å². The molecular formula is C24H32O4S. The maximum Gasteiger partial charge on any atom is 0.306 e. The molecule has 158 valence electrons. The highest BCUT2D eigenvalue weighted by molar-refractivity contribution is 7.80. The van der Waals surface area contributed by atoms with E-state index in [1.54, 1.807) is 13.2 Å². The van der Waals surface area contributed by atoms with Crippen LogP contribution in [0.25, 0.3) is 0 Å². The SMILES string of the molecule is CCC(=O)O[C@]1(C(=S)OC)CC[C@H]2[C@@H]3CCC4=CC(=O)C=C[C@]4(C)[C@H]3CC[C@@]21C. The molecule has 0 aromatic heterocycles. The molecule has 4 aliphatic carbocycles. The number of thiocarbonyl (C=S) groups is 1. The summed E-state index contributed by atoms with van der Waals surface area (Å²) in [7, 11) is 1.59. The van der Waals surface area contributed by atoms with Gasteiger partial charge in [0, 0.05) is 17.3 Å². The fourth-order valence-corrected chi connectivity index (χ4v) is 7.55. The number of carbonyl (C=O) groups is 2. The van der Waals surface area contributed by atoms with E-state index in [2.05, 4.69) is 19.9 Å². The zero-order valence-corrected chi connectivity index (χ0v) is 18.8. The molecule has 0 amide bonds. The van der Waals surface area contributed by atoms with Crippen molar-refractivity contribution in [1.82, 2.24) is 0 Å². The summed E-state index contributed by atoms with van der Waals surface area (Å²) >= 11 is 5.65. The minimum atomic E-state index is -0.810. The second kappa shape index (κ2) is 7.04. The summed E-state index contributed by atoms with van der Waals surface area (Å²) in [6.07, 6.45) is 11.9. The van der Waals surface area contributed by atoms with Crippen LogP contribution in [0, 0.1) is 28.6 Å². The van der Waals surface area contributed by atoms with Crippen molar-refractivity contribution in [2.24, 2.45) is 28.6 Å². The number of hydrogen-bond acceptors (Lipinski definition) is 5. The quantitative estimate of drug-likeness (QED) is 0.481. The summed E-state index contributed by atoms with van der Waals surface area (Å²) in [6, 6.07) is 0. The molecule has 0 aromatic rings. The molecule has 0 bridgehead atoms. The van der Waals surface area contributed by atoms with Crippen LogP contribution in [-0.4, -0.2) is 29.5 Å². The van der Waals surface area contributed by atoms with Gasteiger partial charge in [0.1, 0.15) is 0 Å². The van der Waals surface area contributed by atoms with Gasteiger partial charge in [-0.3, -0.25) is 9.59 Å². The van der Waals surface area contributed by atoms with Crippen LogP contribution in [0.3, 0.4) is 0 Å². The van der Waals surface area contributed by atoms with Crippen LogP contribution in [0.15, 0.2) is 23.8 Å². The average molecular weight is 417 g/mol. The first-order valence-corrected chi connectivity index (χ1v) is 11.4. The number of hydrogen-bond donors (Lipinski definition) is 0. The Morgan fingerprint density at radius 1 is 1.21 bits per heavy atom. The third kappa shape index (κ3) is 2.79. The van der Waals surface area contributed by atoms with Crippen molar-refractivity contribution in [2.45, 2.75) is 71.3 Å². The van der Waals surface area contributed by atoms with E-state index in [0.717, 1.165) is 38.5 Å². The Kier molecular flexibility index (Phi) is 5.04. The number of esters is 1. The number of rotatable bonds is 3. The van der Waals surface area contributed by atoms with E-state index in [0.29, 0.717) is 29.2 Å². The Morgan fingerprint density at radius 3 is 2.62 bits per heavy atom. The Morgan fingerprint density at radius 2 is 1.93 bits per heavy atom. The predicted molar refractivity (Wildman–Crippen MR) is 115 cm³/mol. The molecular weight excluding hydrogens is 384 g/mol. The molecule has 0 aromatic carbocycles. The number of methoxy groups -OCH3 is 1. The highest BCUT2D eigenvalue weighted by Crippen LogP contribution is 2.68. The summed E-state index contributed by atoms with van der Waals surface area (Å²) in [6.45, 7) is 6.40. The lowest BCUT2D eigenvalue weighted by atomic mass is 9.47. The van der Waals surface area contributed by atoms with Gasteiger partial charge in [-0.1, -0.05) is 32.4 Å². The third-order valence-corrected chi connectivity index (χ3v) is 9.26. The Hall–Kier alpha value is -1.49. The number of fused-ring (bicyclic) bond motifs is 5. The second-order valence-corrected chi connectivity index (χ2v) is 10.1. The average Bonchev–Trinajstić information content (AvgIpc) is 3.01. The van der Waals surface area contributed by atoms with Crippen LogP contribution in [0.1, 0.15) is 65.7 Å². The Bertz CT molecular complexity index is 814. The summed E-state index contributed by atoms with van der Waals surface area (Å²) in [5.74, 6) is 1.40. The fourth-order valence-electron chi connectivity index (χ4n) is 7.17. The molecule has 0 unspecified atom stereocenters. The van der Waals surface area contributed by atoms with Gasteiger partial charge in [-0.05, 0) is 80.6 Å². The maximum absolute atomic E-state index is 12.4. The minimum absolute atomic E-state index is 0.0364. The molecule has 29 heavy (non-hydrogen) atoms. The molecule has 6 atom stereocenters. The first-order valence-electron chi connectivity index (χ1n) is 11.0. The highest BCUT2D eigenvalue weighted by Gasteiger charge is 2.68. The maximum atomic E-state index is 12.4. The van der Waals surface area contributed by atoms with E-state index >= 15 is 0 Å². The van der Waals surface area contributed by atoms with Crippen molar-refractivity contribution in [1.29, 1.82) is 0 Å². The smallest absolute Gasteiger partial charge is 0.306 e. The largest absolute Gasteiger partial charge is 0.487 e. The van der Waals surface area contributed by atoms with Gasteiger partial charge in [-0.25, -0.2) is 0 Å². The highest BCUT2D eigenvalue weighted by atomic mass is 32.1. The van der Waals surface area contributed by atoms with Crippen LogP contribution in [-0.2, 0) is 19.1 Å². The van der Waals surface area contributed by atoms with Gasteiger partial charge in [0.2, 0.25) is 5.05 Å². The summed E-state index contributed by atoms with van der Waals surface area (Å²) < 4.78 is 11.7. The zero-order valence-electron chi connectivity index (χ0n) is 18.0. The second-order valence-electron chi connectivity index (χ2n) is 9.74. The van der Waals surface area contributed by atoms with E-state index in [-0.39, 0.29) is 22.6 Å². The van der Waals surface area contributed by atoms with Crippen LogP contribution in [0.5, 0.6) is 0 Å². The molecule has 3 saturated carbocycles. The lowest BCUT2D eigenvalue weighted by Crippen LogP contribution is -2.58. The molecule has 0 N–H and O–H groups in total. The molecule has 0 radical (unpaired) electrons. The molecule has 4 nitrogen and oxygen atoms in total. The standard InChI is InChI=1S/C24H32O4S/c1-5-20(26)28-24(21(29)27-4)13-10-19-17-7-6-15-14-16(25)8-11-22(15,2)18(17)9-12-23(19,24)3/h8,11,14,17-19H,5-7,9-10,12-13H2,1-4H3/t17-,18+,19+,22+,23+,24+/m1/s1. The predicted octanol–water partition coefficient (Wildman–Crippen LogP) is 4.96. The molecule has 4 aliphatic rings. The topological polar surface area (TPSA) is 52.6 Å². The Balaban J connectivity index is 1.70. The molecule has 5 heteroatoms. The minimum Gasteiger partial charge on any atom is -0.487 e.